The molecule has 0 saturated carbocycles. The fourth-order valence-corrected chi connectivity index (χ4v) is 1.59. The summed E-state index contributed by atoms with van der Waals surface area (Å²) in [5.74, 6) is -1.78. The van der Waals surface area contributed by atoms with Crippen LogP contribution in [-0.2, 0) is 11.2 Å². The van der Waals surface area contributed by atoms with E-state index in [9.17, 15) is 15.0 Å². The number of phenols is 2. The third-order valence-electron chi connectivity index (χ3n) is 2.47. The maximum atomic E-state index is 10.7. The molecule has 0 fully saturated rings. The van der Waals surface area contributed by atoms with E-state index in [1.54, 1.807) is 0 Å². The fraction of sp³-hybridized carbons (Fsp3) is 0.364. The number of aliphatic carboxylic acids is 1. The van der Waals surface area contributed by atoms with Crippen molar-refractivity contribution in [3.63, 3.8) is 0 Å². The van der Waals surface area contributed by atoms with Gasteiger partial charge in [-0.2, -0.15) is 0 Å². The van der Waals surface area contributed by atoms with Gasteiger partial charge in [-0.25, -0.2) is 0 Å². The van der Waals surface area contributed by atoms with Crippen LogP contribution in [0.25, 0.3) is 0 Å². The molecule has 94 valence electrons. The van der Waals surface area contributed by atoms with Crippen LogP contribution in [0.2, 0.25) is 0 Å². The topological polar surface area (TPSA) is 96.2 Å². The molecule has 3 N–H and O–H groups in total. The maximum absolute atomic E-state index is 10.7. The Hall–Kier alpha value is -2.11. The second kappa shape index (κ2) is 4.82. The number of ether oxygens (including phenoxy) is 2. The van der Waals surface area contributed by atoms with Gasteiger partial charge in [0.1, 0.15) is 0 Å². The van der Waals surface area contributed by atoms with Crippen molar-refractivity contribution in [2.45, 2.75) is 13.3 Å². The lowest BCUT2D eigenvalue weighted by molar-refractivity contribution is -0.136. The van der Waals surface area contributed by atoms with Gasteiger partial charge in [0.05, 0.1) is 20.6 Å². The Morgan fingerprint density at radius 2 is 1.59 bits per heavy atom. The van der Waals surface area contributed by atoms with Crippen molar-refractivity contribution >= 4 is 5.97 Å². The van der Waals surface area contributed by atoms with E-state index in [0.29, 0.717) is 0 Å². The predicted molar refractivity (Wildman–Crippen MR) is 59.0 cm³/mol. The number of phenolic OH excluding ortho intramolecular Hbond substituents is 2. The van der Waals surface area contributed by atoms with E-state index in [2.05, 4.69) is 0 Å². The van der Waals surface area contributed by atoms with Crippen molar-refractivity contribution in [2.75, 3.05) is 14.2 Å². The molecule has 0 aliphatic rings. The number of benzene rings is 1. The van der Waals surface area contributed by atoms with Gasteiger partial charge < -0.3 is 24.8 Å². The summed E-state index contributed by atoms with van der Waals surface area (Å²) in [7, 11) is 2.60. The zero-order chi connectivity index (χ0) is 13.2. The van der Waals surface area contributed by atoms with E-state index in [1.807, 2.05) is 0 Å². The molecule has 0 aliphatic carbocycles. The number of aromatic hydroxyl groups is 2. The summed E-state index contributed by atoms with van der Waals surface area (Å²) in [5, 5.41) is 28.4. The van der Waals surface area contributed by atoms with E-state index >= 15 is 0 Å². The first-order valence-electron chi connectivity index (χ1n) is 4.81. The second-order valence-corrected chi connectivity index (χ2v) is 3.44. The summed E-state index contributed by atoms with van der Waals surface area (Å²) in [5.41, 5.74) is 0.357. The summed E-state index contributed by atoms with van der Waals surface area (Å²) in [6.07, 6.45) is -0.411. The number of carboxylic acids is 1. The molecule has 1 aromatic carbocycles. The highest BCUT2D eigenvalue weighted by molar-refractivity contribution is 5.76. The average Bonchev–Trinajstić information content (AvgIpc) is 2.28. The molecule has 1 rings (SSSR count). The molecule has 0 unspecified atom stereocenters. The molecule has 0 spiro atoms. The molecule has 0 bridgehead atoms. The highest BCUT2D eigenvalue weighted by Crippen LogP contribution is 2.48. The van der Waals surface area contributed by atoms with Crippen molar-refractivity contribution in [3.8, 4) is 23.0 Å². The first-order chi connectivity index (χ1) is 7.93. The molecule has 0 aliphatic heterocycles. The molecular formula is C11H14O6. The van der Waals surface area contributed by atoms with Gasteiger partial charge in [0.15, 0.2) is 11.5 Å². The Morgan fingerprint density at radius 1 is 1.12 bits per heavy atom. The van der Waals surface area contributed by atoms with Crippen molar-refractivity contribution in [1.29, 1.82) is 0 Å². The minimum atomic E-state index is -1.12. The molecule has 0 amide bonds. The molecule has 0 radical (unpaired) electrons. The molecule has 6 nitrogen and oxygen atoms in total. The number of rotatable bonds is 4. The first-order valence-corrected chi connectivity index (χ1v) is 4.81. The van der Waals surface area contributed by atoms with Crippen molar-refractivity contribution in [1.82, 2.24) is 0 Å². The summed E-state index contributed by atoms with van der Waals surface area (Å²) in [6.45, 7) is 1.50. The van der Waals surface area contributed by atoms with Crippen LogP contribution in [-0.4, -0.2) is 35.5 Å². The zero-order valence-corrected chi connectivity index (χ0v) is 9.77. The van der Waals surface area contributed by atoms with Gasteiger partial charge in [0.25, 0.3) is 0 Å². The summed E-state index contributed by atoms with van der Waals surface area (Å²) in [6, 6.07) is 0. The number of hydrogen-bond acceptors (Lipinski definition) is 5. The number of carboxylic acid groups (broad SMARTS) is 1. The van der Waals surface area contributed by atoms with Crippen LogP contribution in [0.1, 0.15) is 11.1 Å². The Labute approximate surface area is 98.0 Å². The second-order valence-electron chi connectivity index (χ2n) is 3.44. The summed E-state index contributed by atoms with van der Waals surface area (Å²) < 4.78 is 9.80. The Balaban J connectivity index is 3.52. The van der Waals surface area contributed by atoms with Gasteiger partial charge in [-0.1, -0.05) is 0 Å². The van der Waals surface area contributed by atoms with Crippen LogP contribution in [0.3, 0.4) is 0 Å². The van der Waals surface area contributed by atoms with E-state index in [-0.39, 0.29) is 34.1 Å². The third-order valence-corrected chi connectivity index (χ3v) is 2.47. The van der Waals surface area contributed by atoms with E-state index in [1.165, 1.54) is 21.1 Å². The van der Waals surface area contributed by atoms with Gasteiger partial charge in [0.2, 0.25) is 11.5 Å². The van der Waals surface area contributed by atoms with Crippen molar-refractivity contribution in [3.05, 3.63) is 11.1 Å². The average molecular weight is 242 g/mol. The molecule has 0 saturated heterocycles. The number of carbonyl (C=O) groups is 1. The lowest BCUT2D eigenvalue weighted by Crippen LogP contribution is -2.04. The predicted octanol–water partition coefficient (Wildman–Crippen LogP) is 1.05. The van der Waals surface area contributed by atoms with Gasteiger partial charge >= 0.3 is 5.97 Å². The van der Waals surface area contributed by atoms with E-state index < -0.39 is 12.4 Å². The van der Waals surface area contributed by atoms with Crippen LogP contribution in [0.5, 0.6) is 23.0 Å². The molecule has 0 aromatic heterocycles. The van der Waals surface area contributed by atoms with E-state index in [0.717, 1.165) is 0 Å². The smallest absolute Gasteiger partial charge is 0.307 e. The third kappa shape index (κ3) is 2.20. The van der Waals surface area contributed by atoms with Gasteiger partial charge in [0, 0.05) is 11.1 Å². The van der Waals surface area contributed by atoms with Gasteiger partial charge in [-0.3, -0.25) is 4.79 Å². The van der Waals surface area contributed by atoms with Crippen LogP contribution >= 0.6 is 0 Å². The SMILES string of the molecule is COc1c(O)c(C)c(CC(=O)O)c(O)c1OC. The summed E-state index contributed by atoms with van der Waals surface area (Å²) >= 11 is 0. The molecular weight excluding hydrogens is 228 g/mol. The van der Waals surface area contributed by atoms with E-state index in [4.69, 9.17) is 14.6 Å². The maximum Gasteiger partial charge on any atom is 0.307 e. The quantitative estimate of drug-likeness (QED) is 0.683. The van der Waals surface area contributed by atoms with Crippen LogP contribution < -0.4 is 9.47 Å². The van der Waals surface area contributed by atoms with Crippen LogP contribution in [0.4, 0.5) is 0 Å². The largest absolute Gasteiger partial charge is 0.504 e. The summed E-state index contributed by atoms with van der Waals surface area (Å²) in [4.78, 5) is 10.7. The molecule has 0 heterocycles. The number of hydrogen-bond donors (Lipinski definition) is 3. The molecule has 0 atom stereocenters. The molecule has 1 aromatic rings. The normalized spacial score (nSPS) is 10.1. The minimum Gasteiger partial charge on any atom is -0.504 e. The monoisotopic (exact) mass is 242 g/mol. The lowest BCUT2D eigenvalue weighted by Gasteiger charge is -2.16. The standard InChI is InChI=1S/C11H14O6/c1-5-6(4-7(12)13)9(15)11(17-3)10(16-2)8(5)14/h14-15H,4H2,1-3H3,(H,12,13). The Morgan fingerprint density at radius 3 is 2.00 bits per heavy atom. The zero-order valence-electron chi connectivity index (χ0n) is 9.77. The van der Waals surface area contributed by atoms with Crippen molar-refractivity contribution in [2.24, 2.45) is 0 Å². The lowest BCUT2D eigenvalue weighted by atomic mass is 10.0. The first kappa shape index (κ1) is 13.0. The Bertz CT molecular complexity index is 452. The van der Waals surface area contributed by atoms with Gasteiger partial charge in [-0.15, -0.1) is 0 Å². The minimum absolute atomic E-state index is 0.0170. The van der Waals surface area contributed by atoms with Gasteiger partial charge in [-0.05, 0) is 6.92 Å². The molecule has 17 heavy (non-hydrogen) atoms. The highest BCUT2D eigenvalue weighted by Gasteiger charge is 2.24. The van der Waals surface area contributed by atoms with Crippen LogP contribution in [0, 0.1) is 6.92 Å². The number of methoxy groups -OCH3 is 2. The Kier molecular flexibility index (Phi) is 3.67. The van der Waals surface area contributed by atoms with Crippen LogP contribution in [0.15, 0.2) is 0 Å². The van der Waals surface area contributed by atoms with Crippen molar-refractivity contribution < 1.29 is 29.6 Å². The fourth-order valence-electron chi connectivity index (χ4n) is 1.59. The highest BCUT2D eigenvalue weighted by atomic mass is 16.5. The molecule has 6 heteroatoms.